The van der Waals surface area contributed by atoms with Gasteiger partial charge in [-0.15, -0.1) is 0 Å². The Morgan fingerprint density at radius 1 is 1.37 bits per heavy atom. The van der Waals surface area contributed by atoms with Gasteiger partial charge in [-0.1, -0.05) is 25.4 Å². The Balaban J connectivity index is 3.06. The van der Waals surface area contributed by atoms with Crippen molar-refractivity contribution in [1.29, 1.82) is 0 Å². The highest BCUT2D eigenvalue weighted by Gasteiger charge is 2.15. The number of aryl methyl sites for hydroxylation is 1. The van der Waals surface area contributed by atoms with Crippen molar-refractivity contribution in [2.24, 2.45) is 11.7 Å². The van der Waals surface area contributed by atoms with Gasteiger partial charge in [0.25, 0.3) is 0 Å². The molecule has 0 aliphatic heterocycles. The molecule has 108 valence electrons. The van der Waals surface area contributed by atoms with E-state index in [4.69, 9.17) is 22.1 Å². The zero-order valence-corrected chi connectivity index (χ0v) is 13.3. The lowest BCUT2D eigenvalue weighted by Crippen LogP contribution is -2.11. The highest BCUT2D eigenvalue weighted by Crippen LogP contribution is 2.33. The lowest BCUT2D eigenvalue weighted by Gasteiger charge is -2.19. The normalized spacial score (nSPS) is 12.5. The van der Waals surface area contributed by atoms with Crippen LogP contribution in [0.15, 0.2) is 6.07 Å². The third-order valence-corrected chi connectivity index (χ3v) is 4.03. The van der Waals surface area contributed by atoms with Crippen LogP contribution in [0.4, 0.5) is 0 Å². The lowest BCUT2D eigenvalue weighted by molar-refractivity contribution is 0.311. The summed E-state index contributed by atoms with van der Waals surface area (Å²) >= 11 is 6.37. The number of hydrogen-bond acceptors (Lipinski definition) is 2. The number of halogens is 1. The minimum absolute atomic E-state index is 0.548. The molecule has 0 aliphatic rings. The molecule has 1 atom stereocenters. The van der Waals surface area contributed by atoms with E-state index in [1.54, 1.807) is 0 Å². The molecular weight excluding hydrogens is 258 g/mol. The van der Waals surface area contributed by atoms with Crippen LogP contribution in [0, 0.1) is 19.8 Å². The van der Waals surface area contributed by atoms with E-state index >= 15 is 0 Å². The van der Waals surface area contributed by atoms with Crippen molar-refractivity contribution in [1.82, 2.24) is 0 Å². The Morgan fingerprint density at radius 3 is 2.63 bits per heavy atom. The summed E-state index contributed by atoms with van der Waals surface area (Å²) in [5.74, 6) is 1.54. The van der Waals surface area contributed by atoms with Crippen LogP contribution in [-0.4, -0.2) is 13.2 Å². The molecule has 0 saturated carbocycles. The van der Waals surface area contributed by atoms with Gasteiger partial charge in [-0.2, -0.15) is 0 Å². The van der Waals surface area contributed by atoms with Gasteiger partial charge >= 0.3 is 0 Å². The van der Waals surface area contributed by atoms with Crippen molar-refractivity contribution in [3.8, 4) is 5.75 Å². The van der Waals surface area contributed by atoms with Gasteiger partial charge in [0.15, 0.2) is 0 Å². The molecule has 0 spiro atoms. The molecule has 2 N–H and O–H groups in total. The first-order valence-corrected chi connectivity index (χ1v) is 7.50. The number of rotatable bonds is 7. The summed E-state index contributed by atoms with van der Waals surface area (Å²) in [6, 6.07) is 2.06. The van der Waals surface area contributed by atoms with E-state index in [2.05, 4.69) is 26.8 Å². The van der Waals surface area contributed by atoms with Gasteiger partial charge in [0.2, 0.25) is 0 Å². The van der Waals surface area contributed by atoms with E-state index in [9.17, 15) is 0 Å². The quantitative estimate of drug-likeness (QED) is 0.811. The van der Waals surface area contributed by atoms with E-state index in [1.807, 2.05) is 6.92 Å². The summed E-state index contributed by atoms with van der Waals surface area (Å²) < 4.78 is 5.89. The van der Waals surface area contributed by atoms with Gasteiger partial charge in [-0.3, -0.25) is 0 Å². The van der Waals surface area contributed by atoms with Gasteiger partial charge in [-0.05, 0) is 68.3 Å². The molecule has 0 heterocycles. The molecule has 1 aromatic carbocycles. The Labute approximate surface area is 122 Å². The maximum absolute atomic E-state index is 6.37. The van der Waals surface area contributed by atoms with Crippen LogP contribution in [0.25, 0.3) is 0 Å². The Morgan fingerprint density at radius 2 is 2.05 bits per heavy atom. The first kappa shape index (κ1) is 16.3. The van der Waals surface area contributed by atoms with E-state index in [0.717, 1.165) is 54.3 Å². The van der Waals surface area contributed by atoms with Crippen LogP contribution in [0.1, 0.15) is 43.4 Å². The number of benzene rings is 1. The van der Waals surface area contributed by atoms with E-state index < -0.39 is 0 Å². The number of ether oxygens (including phenoxy) is 1. The molecule has 1 rings (SSSR count). The van der Waals surface area contributed by atoms with Crippen molar-refractivity contribution < 1.29 is 4.74 Å². The van der Waals surface area contributed by atoms with Crippen LogP contribution in [0.3, 0.4) is 0 Å². The molecule has 1 aromatic rings. The third kappa shape index (κ3) is 4.39. The molecule has 0 radical (unpaired) electrons. The monoisotopic (exact) mass is 283 g/mol. The lowest BCUT2D eigenvalue weighted by atomic mass is 9.93. The van der Waals surface area contributed by atoms with Gasteiger partial charge in [0.05, 0.1) is 6.61 Å². The number of nitrogens with two attached hydrogens (primary N) is 1. The second kappa shape index (κ2) is 7.76. The predicted molar refractivity (Wildman–Crippen MR) is 83.3 cm³/mol. The highest BCUT2D eigenvalue weighted by molar-refractivity contribution is 6.32. The second-order valence-electron chi connectivity index (χ2n) is 5.34. The fourth-order valence-corrected chi connectivity index (χ4v) is 2.46. The van der Waals surface area contributed by atoms with E-state index in [0.29, 0.717) is 5.92 Å². The first-order chi connectivity index (χ1) is 9.01. The molecule has 0 bridgehead atoms. The summed E-state index contributed by atoms with van der Waals surface area (Å²) in [5.41, 5.74) is 9.11. The van der Waals surface area contributed by atoms with Crippen molar-refractivity contribution in [2.45, 2.75) is 47.0 Å². The molecule has 3 heteroatoms. The summed E-state index contributed by atoms with van der Waals surface area (Å²) in [4.78, 5) is 0. The second-order valence-corrected chi connectivity index (χ2v) is 5.72. The number of hydrogen-bond donors (Lipinski definition) is 1. The van der Waals surface area contributed by atoms with Crippen molar-refractivity contribution >= 4 is 11.6 Å². The van der Waals surface area contributed by atoms with Crippen LogP contribution in [0.5, 0.6) is 5.75 Å². The van der Waals surface area contributed by atoms with Gasteiger partial charge in [-0.25, -0.2) is 0 Å². The minimum Gasteiger partial charge on any atom is -0.493 e. The fourth-order valence-electron chi connectivity index (χ4n) is 2.29. The topological polar surface area (TPSA) is 35.2 Å². The summed E-state index contributed by atoms with van der Waals surface area (Å²) in [5, 5.41) is 0.860. The maximum atomic E-state index is 6.37. The minimum atomic E-state index is 0.548. The standard InChI is InChI=1S/C16H26ClNO/c1-5-8-19-15-10-12(3)16(17)13(4)14(15)9-11(2)6-7-18/h10-11H,5-9,18H2,1-4H3. The molecule has 19 heavy (non-hydrogen) atoms. The van der Waals surface area contributed by atoms with Crippen LogP contribution >= 0.6 is 11.6 Å². The molecule has 0 fully saturated rings. The molecule has 1 unspecified atom stereocenters. The molecule has 2 nitrogen and oxygen atoms in total. The average molecular weight is 284 g/mol. The van der Waals surface area contributed by atoms with Gasteiger partial charge < -0.3 is 10.5 Å². The van der Waals surface area contributed by atoms with Crippen molar-refractivity contribution in [3.63, 3.8) is 0 Å². The Bertz CT molecular complexity index is 418. The zero-order chi connectivity index (χ0) is 14.4. The smallest absolute Gasteiger partial charge is 0.123 e. The predicted octanol–water partition coefficient (Wildman–Crippen LogP) is 4.27. The summed E-state index contributed by atoms with van der Waals surface area (Å²) in [7, 11) is 0. The largest absolute Gasteiger partial charge is 0.493 e. The molecule has 0 saturated heterocycles. The molecule has 0 aromatic heterocycles. The average Bonchev–Trinajstić information content (AvgIpc) is 2.38. The van der Waals surface area contributed by atoms with Crippen LogP contribution < -0.4 is 10.5 Å². The van der Waals surface area contributed by atoms with Crippen LogP contribution in [0.2, 0.25) is 5.02 Å². The molecule has 0 amide bonds. The fraction of sp³-hybridized carbons (Fsp3) is 0.625. The molecular formula is C16H26ClNO. The third-order valence-electron chi connectivity index (χ3n) is 3.45. The van der Waals surface area contributed by atoms with Crippen LogP contribution in [-0.2, 0) is 6.42 Å². The zero-order valence-electron chi connectivity index (χ0n) is 12.6. The summed E-state index contributed by atoms with van der Waals surface area (Å²) in [6.07, 6.45) is 3.01. The first-order valence-electron chi connectivity index (χ1n) is 7.12. The van der Waals surface area contributed by atoms with Crippen molar-refractivity contribution in [3.05, 3.63) is 27.8 Å². The summed E-state index contributed by atoms with van der Waals surface area (Å²) in [6.45, 7) is 9.93. The van der Waals surface area contributed by atoms with Gasteiger partial charge in [0.1, 0.15) is 5.75 Å². The highest BCUT2D eigenvalue weighted by atomic mass is 35.5. The van der Waals surface area contributed by atoms with Crippen molar-refractivity contribution in [2.75, 3.05) is 13.2 Å². The van der Waals surface area contributed by atoms with E-state index in [1.165, 1.54) is 5.56 Å². The maximum Gasteiger partial charge on any atom is 0.123 e. The van der Waals surface area contributed by atoms with Gasteiger partial charge in [0, 0.05) is 5.02 Å². The Kier molecular flexibility index (Phi) is 6.67. The molecule has 0 aliphatic carbocycles. The SMILES string of the molecule is CCCOc1cc(C)c(Cl)c(C)c1CC(C)CCN. The van der Waals surface area contributed by atoms with E-state index in [-0.39, 0.29) is 0 Å². The Hall–Kier alpha value is -0.730.